The van der Waals surface area contributed by atoms with Gasteiger partial charge in [-0.2, -0.15) is 10.4 Å². The maximum absolute atomic E-state index is 13.1. The van der Waals surface area contributed by atoms with Gasteiger partial charge in [-0.1, -0.05) is 6.07 Å². The quantitative estimate of drug-likeness (QED) is 0.766. The van der Waals surface area contributed by atoms with Crippen molar-refractivity contribution in [2.45, 2.75) is 6.92 Å². The summed E-state index contributed by atoms with van der Waals surface area (Å²) in [5.41, 5.74) is 1.78. The third kappa shape index (κ3) is 4.05. The highest BCUT2D eigenvalue weighted by Gasteiger charge is 2.12. The summed E-state index contributed by atoms with van der Waals surface area (Å²) < 4.78 is 20.0. The number of rotatable bonds is 5. The number of carbonyl (C=O) groups excluding carboxylic acids is 1. The molecule has 1 aromatic heterocycles. The van der Waals surface area contributed by atoms with Crippen molar-refractivity contribution in [3.63, 3.8) is 0 Å². The first kappa shape index (κ1) is 17.2. The molecule has 3 aromatic rings. The molecule has 0 aliphatic carbocycles. The Kier molecular flexibility index (Phi) is 4.94. The molecule has 1 amide bonds. The zero-order chi connectivity index (χ0) is 18.5. The molecule has 0 spiro atoms. The van der Waals surface area contributed by atoms with Gasteiger partial charge in [0.2, 0.25) is 0 Å². The van der Waals surface area contributed by atoms with Gasteiger partial charge < -0.3 is 10.1 Å². The second kappa shape index (κ2) is 7.49. The second-order valence-electron chi connectivity index (χ2n) is 5.54. The van der Waals surface area contributed by atoms with Crippen LogP contribution >= 0.6 is 0 Å². The van der Waals surface area contributed by atoms with Crippen molar-refractivity contribution in [3.8, 4) is 17.5 Å². The lowest BCUT2D eigenvalue weighted by atomic mass is 10.2. The van der Waals surface area contributed by atoms with E-state index in [-0.39, 0.29) is 18.3 Å². The molecule has 0 unspecified atom stereocenters. The smallest absolute Gasteiger partial charge is 0.263 e. The Bertz CT molecular complexity index is 974. The highest BCUT2D eigenvalue weighted by Crippen LogP contribution is 2.18. The third-order valence-corrected chi connectivity index (χ3v) is 3.50. The average molecular weight is 350 g/mol. The first-order valence-corrected chi connectivity index (χ1v) is 7.80. The monoisotopic (exact) mass is 350 g/mol. The normalized spacial score (nSPS) is 10.2. The van der Waals surface area contributed by atoms with Crippen LogP contribution in [0.4, 0.5) is 10.2 Å². The average Bonchev–Trinajstić information content (AvgIpc) is 3.01. The summed E-state index contributed by atoms with van der Waals surface area (Å²) >= 11 is 0. The molecular formula is C19H15FN4O2. The van der Waals surface area contributed by atoms with Crippen molar-refractivity contribution in [3.05, 3.63) is 71.7 Å². The zero-order valence-corrected chi connectivity index (χ0v) is 13.9. The first-order valence-electron chi connectivity index (χ1n) is 7.80. The molecule has 0 aliphatic rings. The Balaban J connectivity index is 1.69. The molecule has 6 nitrogen and oxygen atoms in total. The van der Waals surface area contributed by atoms with Gasteiger partial charge in [0.25, 0.3) is 5.91 Å². The summed E-state index contributed by atoms with van der Waals surface area (Å²) in [5.74, 6) is 0.155. The summed E-state index contributed by atoms with van der Waals surface area (Å²) in [6.45, 7) is 1.57. The standard InChI is InChI=1S/C19H15FN4O2/c1-13-9-18(24(23-13)16-7-5-15(20)6-8-16)22-19(25)12-26-17-4-2-3-14(10-17)11-21/h2-10H,12H2,1H3,(H,22,25). The molecule has 0 radical (unpaired) electrons. The largest absolute Gasteiger partial charge is 0.484 e. The molecule has 0 saturated heterocycles. The Morgan fingerprint density at radius 1 is 1.27 bits per heavy atom. The van der Waals surface area contributed by atoms with Gasteiger partial charge in [0.1, 0.15) is 17.4 Å². The number of aryl methyl sites for hydroxylation is 1. The molecule has 0 bridgehead atoms. The van der Waals surface area contributed by atoms with Crippen molar-refractivity contribution < 1.29 is 13.9 Å². The maximum atomic E-state index is 13.1. The molecule has 1 heterocycles. The molecule has 0 fully saturated rings. The molecular weight excluding hydrogens is 335 g/mol. The number of amides is 1. The van der Waals surface area contributed by atoms with Crippen LogP contribution < -0.4 is 10.1 Å². The van der Waals surface area contributed by atoms with Crippen molar-refractivity contribution in [2.75, 3.05) is 11.9 Å². The van der Waals surface area contributed by atoms with Gasteiger partial charge in [-0.25, -0.2) is 9.07 Å². The lowest BCUT2D eigenvalue weighted by Gasteiger charge is -2.10. The molecule has 2 aromatic carbocycles. The first-order chi connectivity index (χ1) is 12.5. The van der Waals surface area contributed by atoms with Gasteiger partial charge in [0.15, 0.2) is 6.61 Å². The van der Waals surface area contributed by atoms with E-state index in [1.165, 1.54) is 16.8 Å². The molecule has 0 saturated carbocycles. The minimum Gasteiger partial charge on any atom is -0.484 e. The van der Waals surface area contributed by atoms with Crippen LogP contribution in [0.5, 0.6) is 5.75 Å². The SMILES string of the molecule is Cc1cc(NC(=O)COc2cccc(C#N)c2)n(-c2ccc(F)cc2)n1. The third-order valence-electron chi connectivity index (χ3n) is 3.50. The molecule has 26 heavy (non-hydrogen) atoms. The summed E-state index contributed by atoms with van der Waals surface area (Å²) in [6, 6.07) is 16.1. The van der Waals surface area contributed by atoms with E-state index >= 15 is 0 Å². The van der Waals surface area contributed by atoms with Crippen LogP contribution in [0.3, 0.4) is 0 Å². The predicted molar refractivity (Wildman–Crippen MR) is 93.5 cm³/mol. The topological polar surface area (TPSA) is 79.9 Å². The van der Waals surface area contributed by atoms with Gasteiger partial charge in [-0.05, 0) is 49.4 Å². The van der Waals surface area contributed by atoms with Crippen molar-refractivity contribution in [1.29, 1.82) is 5.26 Å². The fourth-order valence-electron chi connectivity index (χ4n) is 2.35. The Labute approximate surface area is 149 Å². The zero-order valence-electron chi connectivity index (χ0n) is 13.9. The van der Waals surface area contributed by atoms with Gasteiger partial charge in [-0.15, -0.1) is 0 Å². The lowest BCUT2D eigenvalue weighted by Crippen LogP contribution is -2.21. The van der Waals surface area contributed by atoms with Crippen LogP contribution in [-0.4, -0.2) is 22.3 Å². The van der Waals surface area contributed by atoms with Crippen LogP contribution in [0, 0.1) is 24.1 Å². The van der Waals surface area contributed by atoms with Gasteiger partial charge in [0, 0.05) is 6.07 Å². The summed E-state index contributed by atoms with van der Waals surface area (Å²) in [5, 5.41) is 15.9. The van der Waals surface area contributed by atoms with E-state index in [1.807, 2.05) is 6.07 Å². The molecule has 3 rings (SSSR count). The van der Waals surface area contributed by atoms with E-state index in [9.17, 15) is 9.18 Å². The van der Waals surface area contributed by atoms with E-state index < -0.39 is 0 Å². The number of halogens is 1. The highest BCUT2D eigenvalue weighted by molar-refractivity contribution is 5.91. The number of ether oxygens (including phenoxy) is 1. The molecule has 0 aliphatic heterocycles. The van der Waals surface area contributed by atoms with Gasteiger partial charge >= 0.3 is 0 Å². The molecule has 1 N–H and O–H groups in total. The molecule has 130 valence electrons. The van der Waals surface area contributed by atoms with Crippen molar-refractivity contribution >= 4 is 11.7 Å². The summed E-state index contributed by atoms with van der Waals surface area (Å²) in [6.07, 6.45) is 0. The van der Waals surface area contributed by atoms with Crippen LogP contribution in [0.15, 0.2) is 54.6 Å². The van der Waals surface area contributed by atoms with Crippen molar-refractivity contribution in [1.82, 2.24) is 9.78 Å². The number of nitrogens with one attached hydrogen (secondary N) is 1. The number of nitrogens with zero attached hydrogens (tertiary/aromatic N) is 3. The second-order valence-corrected chi connectivity index (χ2v) is 5.54. The summed E-state index contributed by atoms with van der Waals surface area (Å²) in [7, 11) is 0. The van der Waals surface area contributed by atoms with Crippen molar-refractivity contribution in [2.24, 2.45) is 0 Å². The van der Waals surface area contributed by atoms with Gasteiger partial charge in [-0.3, -0.25) is 4.79 Å². The minimum atomic E-state index is -0.379. The summed E-state index contributed by atoms with van der Waals surface area (Å²) in [4.78, 5) is 12.2. The number of hydrogen-bond acceptors (Lipinski definition) is 4. The molecule has 7 heteroatoms. The number of carbonyl (C=O) groups is 1. The van der Waals surface area contributed by atoms with E-state index in [1.54, 1.807) is 49.4 Å². The Hall–Kier alpha value is -3.66. The van der Waals surface area contributed by atoms with E-state index in [0.29, 0.717) is 28.5 Å². The van der Waals surface area contributed by atoms with Gasteiger partial charge in [0.05, 0.1) is 23.0 Å². The fourth-order valence-corrected chi connectivity index (χ4v) is 2.35. The molecule has 0 atom stereocenters. The van der Waals surface area contributed by atoms with E-state index in [2.05, 4.69) is 10.4 Å². The fraction of sp³-hybridized carbons (Fsp3) is 0.105. The number of hydrogen-bond donors (Lipinski definition) is 1. The Morgan fingerprint density at radius 2 is 2.04 bits per heavy atom. The Morgan fingerprint density at radius 3 is 2.77 bits per heavy atom. The van der Waals surface area contributed by atoms with E-state index in [0.717, 1.165) is 0 Å². The highest BCUT2D eigenvalue weighted by atomic mass is 19.1. The minimum absolute atomic E-state index is 0.220. The van der Waals surface area contributed by atoms with Crippen LogP contribution in [0.1, 0.15) is 11.3 Å². The lowest BCUT2D eigenvalue weighted by molar-refractivity contribution is -0.118. The maximum Gasteiger partial charge on any atom is 0.263 e. The van der Waals surface area contributed by atoms with Crippen LogP contribution in [0.2, 0.25) is 0 Å². The predicted octanol–water partition coefficient (Wildman–Crippen LogP) is 3.21. The van der Waals surface area contributed by atoms with E-state index in [4.69, 9.17) is 10.00 Å². The number of anilines is 1. The number of benzene rings is 2. The van der Waals surface area contributed by atoms with Crippen LogP contribution in [0.25, 0.3) is 5.69 Å². The number of nitriles is 1. The number of aromatic nitrogens is 2. The van der Waals surface area contributed by atoms with Crippen LogP contribution in [-0.2, 0) is 4.79 Å².